The second-order valence-corrected chi connectivity index (χ2v) is 11.1. The molecule has 2 aromatic rings. The van der Waals surface area contributed by atoms with Crippen LogP contribution >= 0.6 is 10.8 Å². The Morgan fingerprint density at radius 3 is 2.11 bits per heavy atom. The normalized spacial score (nSPS) is 14.1. The van der Waals surface area contributed by atoms with Gasteiger partial charge in [-0.2, -0.15) is 0 Å². The van der Waals surface area contributed by atoms with E-state index in [-0.39, 0.29) is 24.1 Å². The summed E-state index contributed by atoms with van der Waals surface area (Å²) in [5.41, 5.74) is 4.43. The molecule has 1 aliphatic rings. The Morgan fingerprint density at radius 1 is 1.07 bits per heavy atom. The molecule has 1 aliphatic carbocycles. The number of nitrogens with one attached hydrogen (secondary N) is 1. The van der Waals surface area contributed by atoms with Crippen molar-refractivity contribution in [2.45, 2.75) is 18.9 Å². The Morgan fingerprint density at radius 2 is 1.61 bits per heavy atom. The number of fused-ring (bicyclic) bond motifs is 3. The van der Waals surface area contributed by atoms with E-state index in [9.17, 15) is 18.0 Å². The molecule has 0 heterocycles. The number of ether oxygens (including phenoxy) is 1. The lowest BCUT2D eigenvalue weighted by Gasteiger charge is -2.17. The monoisotopic (exact) mass is 419 g/mol. The maximum atomic E-state index is 12.2. The summed E-state index contributed by atoms with van der Waals surface area (Å²) in [6, 6.07) is 15.0. The molecule has 0 saturated carbocycles. The number of hydrogen-bond acceptors (Lipinski definition) is 6. The molecule has 0 saturated heterocycles. The van der Waals surface area contributed by atoms with Crippen molar-refractivity contribution in [3.63, 3.8) is 0 Å². The number of amides is 1. The van der Waals surface area contributed by atoms with Gasteiger partial charge >= 0.3 is 6.09 Å². The smallest absolute Gasteiger partial charge is 0.407 e. The van der Waals surface area contributed by atoms with Crippen molar-refractivity contribution >= 4 is 31.5 Å². The average Bonchev–Trinajstić information content (AvgIpc) is 2.96. The van der Waals surface area contributed by atoms with Crippen LogP contribution in [0.2, 0.25) is 0 Å². The molecule has 0 bridgehead atoms. The number of benzene rings is 2. The van der Waals surface area contributed by atoms with Crippen molar-refractivity contribution in [2.24, 2.45) is 0 Å². The highest BCUT2D eigenvalue weighted by molar-refractivity contribution is 8.71. The lowest BCUT2D eigenvalue weighted by Crippen LogP contribution is -2.42. The summed E-state index contributed by atoms with van der Waals surface area (Å²) in [4.78, 5) is 23.9. The minimum atomic E-state index is -3.31. The highest BCUT2D eigenvalue weighted by Gasteiger charge is 2.29. The Labute approximate surface area is 168 Å². The summed E-state index contributed by atoms with van der Waals surface area (Å²) >= 11 is 0. The van der Waals surface area contributed by atoms with Gasteiger partial charge in [0.25, 0.3) is 0 Å². The van der Waals surface area contributed by atoms with E-state index in [4.69, 9.17) is 4.74 Å². The van der Waals surface area contributed by atoms with Gasteiger partial charge < -0.3 is 10.1 Å². The first-order valence-corrected chi connectivity index (χ1v) is 12.1. The Hall–Kier alpha value is -2.32. The zero-order valence-corrected chi connectivity index (χ0v) is 17.2. The van der Waals surface area contributed by atoms with Crippen LogP contribution in [0.4, 0.5) is 4.79 Å². The predicted molar refractivity (Wildman–Crippen MR) is 110 cm³/mol. The summed E-state index contributed by atoms with van der Waals surface area (Å²) in [5.74, 6) is -0.470. The van der Waals surface area contributed by atoms with Crippen molar-refractivity contribution in [3.8, 4) is 11.1 Å². The zero-order chi connectivity index (χ0) is 20.3. The molecule has 0 unspecified atom stereocenters. The molecule has 0 radical (unpaired) electrons. The van der Waals surface area contributed by atoms with Gasteiger partial charge in [-0.3, -0.25) is 4.79 Å². The minimum Gasteiger partial charge on any atom is -0.449 e. The fraction of sp³-hybridized carbons (Fsp3) is 0.300. The Kier molecular flexibility index (Phi) is 6.10. The third-order valence-corrected chi connectivity index (χ3v) is 7.17. The molecular formula is C20H21NO5S2. The van der Waals surface area contributed by atoms with Gasteiger partial charge in [0, 0.05) is 17.9 Å². The van der Waals surface area contributed by atoms with E-state index in [0.29, 0.717) is 10.8 Å². The molecule has 0 aromatic heterocycles. The molecular weight excluding hydrogens is 398 g/mol. The quantitative estimate of drug-likeness (QED) is 0.694. The predicted octanol–water partition coefficient (Wildman–Crippen LogP) is 3.18. The van der Waals surface area contributed by atoms with Crippen LogP contribution in [0, 0.1) is 0 Å². The molecule has 8 heteroatoms. The maximum Gasteiger partial charge on any atom is 0.407 e. The third-order valence-electron chi connectivity index (χ3n) is 4.58. The highest BCUT2D eigenvalue weighted by atomic mass is 33.1. The number of alkyl carbamates (subject to hydrolysis) is 1. The van der Waals surface area contributed by atoms with Gasteiger partial charge in [0.1, 0.15) is 12.6 Å². The van der Waals surface area contributed by atoms with E-state index < -0.39 is 21.0 Å². The summed E-state index contributed by atoms with van der Waals surface area (Å²) in [6.07, 6.45) is 0.318. The van der Waals surface area contributed by atoms with Gasteiger partial charge in [-0.15, -0.1) is 0 Å². The van der Waals surface area contributed by atoms with E-state index in [0.717, 1.165) is 28.5 Å². The number of Topliss-reactive ketones (excluding diaryl/α,β-unsaturated/α-hetero) is 1. The van der Waals surface area contributed by atoms with Gasteiger partial charge in [-0.25, -0.2) is 13.2 Å². The molecule has 3 rings (SSSR count). The Balaban J connectivity index is 1.66. The van der Waals surface area contributed by atoms with Crippen LogP contribution in [0.1, 0.15) is 24.0 Å². The number of ketones is 1. The van der Waals surface area contributed by atoms with Crippen LogP contribution in [0.15, 0.2) is 48.5 Å². The molecule has 0 fully saturated rings. The summed E-state index contributed by atoms with van der Waals surface area (Å²) in [6.45, 7) is 1.43. The van der Waals surface area contributed by atoms with Crippen LogP contribution in [-0.4, -0.2) is 45.0 Å². The molecule has 0 aliphatic heterocycles. The van der Waals surface area contributed by atoms with Crippen LogP contribution in [0.25, 0.3) is 11.1 Å². The Bertz CT molecular complexity index is 958. The van der Waals surface area contributed by atoms with Gasteiger partial charge in [0.15, 0.2) is 14.7 Å². The van der Waals surface area contributed by atoms with E-state index >= 15 is 0 Å². The average molecular weight is 420 g/mol. The summed E-state index contributed by atoms with van der Waals surface area (Å²) < 4.78 is 28.0. The molecule has 6 nitrogen and oxygen atoms in total. The first-order chi connectivity index (χ1) is 13.3. The van der Waals surface area contributed by atoms with Crippen molar-refractivity contribution in [1.29, 1.82) is 0 Å². The summed E-state index contributed by atoms with van der Waals surface area (Å²) in [5, 5.41) is 2.46. The second-order valence-electron chi connectivity index (χ2n) is 6.62. The van der Waals surface area contributed by atoms with E-state index in [1.54, 1.807) is 0 Å². The van der Waals surface area contributed by atoms with Gasteiger partial charge in [0.05, 0.1) is 0 Å². The van der Waals surface area contributed by atoms with Gasteiger partial charge in [-0.1, -0.05) is 48.5 Å². The first-order valence-electron chi connectivity index (χ1n) is 8.72. The molecule has 1 amide bonds. The fourth-order valence-electron chi connectivity index (χ4n) is 3.23. The van der Waals surface area contributed by atoms with Crippen LogP contribution < -0.4 is 5.32 Å². The van der Waals surface area contributed by atoms with Crippen molar-refractivity contribution < 1.29 is 22.7 Å². The van der Waals surface area contributed by atoms with Crippen LogP contribution in [0.3, 0.4) is 0 Å². The fourth-order valence-corrected chi connectivity index (χ4v) is 5.09. The lowest BCUT2D eigenvalue weighted by atomic mass is 9.98. The second kappa shape index (κ2) is 8.36. The van der Waals surface area contributed by atoms with Crippen LogP contribution in [0.5, 0.6) is 0 Å². The third kappa shape index (κ3) is 4.74. The highest BCUT2D eigenvalue weighted by Crippen LogP contribution is 2.44. The molecule has 1 atom stereocenters. The zero-order valence-electron chi connectivity index (χ0n) is 15.5. The SMILES string of the molecule is CC(=O)[C@H](CSS(C)(=O)=O)NC(=O)OCC1c2ccccc2-c2ccccc21. The molecule has 2 aromatic carbocycles. The standard InChI is InChI=1S/C20H21NO5S2/c1-13(22)19(12-27-28(2,24)25)21-20(23)26-11-18-16-9-5-3-7-14(16)15-8-4-6-10-17(15)18/h3-10,18-19H,11-12H2,1-2H3,(H,21,23)/t19-/m0/s1. The van der Waals surface area contributed by atoms with Gasteiger partial charge in [0.2, 0.25) is 0 Å². The van der Waals surface area contributed by atoms with Crippen LogP contribution in [-0.2, 0) is 18.4 Å². The number of hydrogen-bond donors (Lipinski definition) is 1. The van der Waals surface area contributed by atoms with E-state index in [1.165, 1.54) is 6.92 Å². The lowest BCUT2D eigenvalue weighted by molar-refractivity contribution is -0.118. The topological polar surface area (TPSA) is 89.5 Å². The van der Waals surface area contributed by atoms with E-state index in [2.05, 4.69) is 5.32 Å². The number of carbonyl (C=O) groups is 2. The van der Waals surface area contributed by atoms with Crippen molar-refractivity contribution in [2.75, 3.05) is 18.6 Å². The number of rotatable bonds is 7. The van der Waals surface area contributed by atoms with Crippen molar-refractivity contribution in [1.82, 2.24) is 5.32 Å². The van der Waals surface area contributed by atoms with E-state index in [1.807, 2.05) is 48.5 Å². The molecule has 148 valence electrons. The minimum absolute atomic E-state index is 0.0572. The first kappa shape index (κ1) is 20.4. The number of carbonyl (C=O) groups excluding carboxylic acids is 2. The molecule has 28 heavy (non-hydrogen) atoms. The van der Waals surface area contributed by atoms with Crippen molar-refractivity contribution in [3.05, 3.63) is 59.7 Å². The summed E-state index contributed by atoms with van der Waals surface area (Å²) in [7, 11) is -2.69. The molecule has 1 N–H and O–H groups in total. The van der Waals surface area contributed by atoms with Gasteiger partial charge in [-0.05, 0) is 40.0 Å². The largest absolute Gasteiger partial charge is 0.449 e. The maximum absolute atomic E-state index is 12.2. The molecule has 0 spiro atoms.